The second-order valence-corrected chi connectivity index (χ2v) is 2.98. The van der Waals surface area contributed by atoms with Gasteiger partial charge in [-0.1, -0.05) is 0 Å². The highest BCUT2D eigenvalue weighted by molar-refractivity contribution is 9.10. The highest BCUT2D eigenvalue weighted by Crippen LogP contribution is 2.28. The van der Waals surface area contributed by atoms with Crippen LogP contribution in [0.3, 0.4) is 0 Å². The zero-order valence-electron chi connectivity index (χ0n) is 5.84. The SMILES string of the molecule is NC(=O)c1ccc(Br)c(O)c1F. The topological polar surface area (TPSA) is 63.3 Å². The second kappa shape index (κ2) is 3.10. The van der Waals surface area contributed by atoms with E-state index in [0.29, 0.717) is 0 Å². The van der Waals surface area contributed by atoms with E-state index in [4.69, 9.17) is 10.8 Å². The van der Waals surface area contributed by atoms with Crippen molar-refractivity contribution in [2.24, 2.45) is 5.73 Å². The molecule has 0 aliphatic rings. The Morgan fingerprint density at radius 2 is 2.17 bits per heavy atom. The summed E-state index contributed by atoms with van der Waals surface area (Å²) in [4.78, 5) is 10.5. The fourth-order valence-corrected chi connectivity index (χ4v) is 1.04. The molecule has 3 N–H and O–H groups in total. The molecule has 0 heterocycles. The smallest absolute Gasteiger partial charge is 0.251 e. The van der Waals surface area contributed by atoms with Crippen molar-refractivity contribution in [3.8, 4) is 5.75 Å². The Morgan fingerprint density at radius 1 is 1.58 bits per heavy atom. The lowest BCUT2D eigenvalue weighted by atomic mass is 10.2. The molecule has 1 aromatic rings. The first-order valence-corrected chi connectivity index (χ1v) is 3.80. The molecular formula is C7H5BrFNO2. The summed E-state index contributed by atoms with van der Waals surface area (Å²) in [5.41, 5.74) is 4.50. The zero-order chi connectivity index (χ0) is 9.30. The van der Waals surface area contributed by atoms with E-state index < -0.39 is 17.5 Å². The monoisotopic (exact) mass is 233 g/mol. The Bertz CT molecular complexity index is 340. The third-order valence-electron chi connectivity index (χ3n) is 1.33. The molecule has 1 aromatic carbocycles. The van der Waals surface area contributed by atoms with Crippen LogP contribution in [0, 0.1) is 5.82 Å². The van der Waals surface area contributed by atoms with Crippen LogP contribution >= 0.6 is 15.9 Å². The average Bonchev–Trinajstić information content (AvgIpc) is 2.00. The molecule has 0 aliphatic heterocycles. The molecule has 0 saturated heterocycles. The molecule has 3 nitrogen and oxygen atoms in total. The van der Waals surface area contributed by atoms with Crippen LogP contribution in [0.5, 0.6) is 5.75 Å². The number of amides is 1. The van der Waals surface area contributed by atoms with Gasteiger partial charge in [-0.05, 0) is 28.1 Å². The number of nitrogens with two attached hydrogens (primary N) is 1. The van der Waals surface area contributed by atoms with Crippen LogP contribution in [0.15, 0.2) is 16.6 Å². The summed E-state index contributed by atoms with van der Waals surface area (Å²) >= 11 is 2.89. The van der Waals surface area contributed by atoms with Gasteiger partial charge in [0.1, 0.15) is 0 Å². The molecule has 0 aromatic heterocycles. The van der Waals surface area contributed by atoms with Crippen LogP contribution in [0.1, 0.15) is 10.4 Å². The molecule has 1 rings (SSSR count). The van der Waals surface area contributed by atoms with Crippen molar-refractivity contribution in [3.05, 3.63) is 28.0 Å². The first-order chi connectivity index (χ1) is 5.54. The van der Waals surface area contributed by atoms with E-state index in [2.05, 4.69) is 15.9 Å². The fourth-order valence-electron chi connectivity index (χ4n) is 0.731. The van der Waals surface area contributed by atoms with Crippen LogP contribution < -0.4 is 5.73 Å². The summed E-state index contributed by atoms with van der Waals surface area (Å²) in [6, 6.07) is 2.54. The minimum absolute atomic E-state index is 0.185. The molecule has 0 spiro atoms. The van der Waals surface area contributed by atoms with Gasteiger partial charge >= 0.3 is 0 Å². The molecule has 0 radical (unpaired) electrons. The van der Waals surface area contributed by atoms with Crippen molar-refractivity contribution in [1.82, 2.24) is 0 Å². The zero-order valence-corrected chi connectivity index (χ0v) is 7.43. The Kier molecular flexibility index (Phi) is 2.32. The van der Waals surface area contributed by atoms with Crippen molar-refractivity contribution in [3.63, 3.8) is 0 Å². The number of phenolic OH excluding ortho intramolecular Hbond substituents is 1. The summed E-state index contributed by atoms with van der Waals surface area (Å²) in [5.74, 6) is -2.52. The molecule has 0 aliphatic carbocycles. The third-order valence-corrected chi connectivity index (χ3v) is 1.97. The molecule has 0 saturated carbocycles. The van der Waals surface area contributed by atoms with Crippen molar-refractivity contribution in [2.75, 3.05) is 0 Å². The van der Waals surface area contributed by atoms with Gasteiger partial charge in [0.25, 0.3) is 5.91 Å². The maximum atomic E-state index is 12.9. The molecule has 0 fully saturated rings. The number of carbonyl (C=O) groups is 1. The molecule has 0 unspecified atom stereocenters. The maximum Gasteiger partial charge on any atom is 0.251 e. The molecule has 0 bridgehead atoms. The van der Waals surface area contributed by atoms with Crippen LogP contribution in [0.25, 0.3) is 0 Å². The minimum Gasteiger partial charge on any atom is -0.504 e. The van der Waals surface area contributed by atoms with E-state index in [-0.39, 0.29) is 10.0 Å². The van der Waals surface area contributed by atoms with Crippen LogP contribution in [-0.2, 0) is 0 Å². The summed E-state index contributed by atoms with van der Waals surface area (Å²) < 4.78 is 13.1. The van der Waals surface area contributed by atoms with E-state index >= 15 is 0 Å². The number of aromatic hydroxyl groups is 1. The molecule has 0 atom stereocenters. The number of primary amides is 1. The number of halogens is 2. The Balaban J connectivity index is 3.36. The van der Waals surface area contributed by atoms with Crippen LogP contribution in [-0.4, -0.2) is 11.0 Å². The number of rotatable bonds is 1. The summed E-state index contributed by atoms with van der Waals surface area (Å²) in [6.45, 7) is 0. The Hall–Kier alpha value is -1.10. The largest absolute Gasteiger partial charge is 0.504 e. The fraction of sp³-hybridized carbons (Fsp3) is 0. The highest BCUT2D eigenvalue weighted by atomic mass is 79.9. The number of carbonyl (C=O) groups excluding carboxylic acids is 1. The van der Waals surface area contributed by atoms with Gasteiger partial charge in [-0.25, -0.2) is 4.39 Å². The van der Waals surface area contributed by atoms with Crippen LogP contribution in [0.4, 0.5) is 4.39 Å². The van der Waals surface area contributed by atoms with E-state index in [1.54, 1.807) is 0 Å². The van der Waals surface area contributed by atoms with Gasteiger partial charge in [-0.3, -0.25) is 4.79 Å². The molecule has 12 heavy (non-hydrogen) atoms. The second-order valence-electron chi connectivity index (χ2n) is 2.12. The minimum atomic E-state index is -1.00. The van der Waals surface area contributed by atoms with E-state index in [9.17, 15) is 9.18 Å². The number of hydrogen-bond donors (Lipinski definition) is 2. The number of hydrogen-bond acceptors (Lipinski definition) is 2. The van der Waals surface area contributed by atoms with Gasteiger partial charge in [-0.15, -0.1) is 0 Å². The van der Waals surface area contributed by atoms with E-state index in [1.807, 2.05) is 0 Å². The maximum absolute atomic E-state index is 12.9. The number of benzene rings is 1. The van der Waals surface area contributed by atoms with Gasteiger partial charge in [0.2, 0.25) is 0 Å². The lowest BCUT2D eigenvalue weighted by Crippen LogP contribution is -2.12. The summed E-state index contributed by atoms with van der Waals surface area (Å²) in [5, 5.41) is 9.01. The standard InChI is InChI=1S/C7H5BrFNO2/c8-4-2-1-3(7(10)12)5(9)6(4)11/h1-2,11H,(H2,10,12). The quantitative estimate of drug-likeness (QED) is 0.771. The van der Waals surface area contributed by atoms with Crippen molar-refractivity contribution < 1.29 is 14.3 Å². The Morgan fingerprint density at radius 3 is 2.67 bits per heavy atom. The normalized spacial score (nSPS) is 9.83. The molecule has 1 amide bonds. The van der Waals surface area contributed by atoms with Crippen molar-refractivity contribution in [1.29, 1.82) is 0 Å². The lowest BCUT2D eigenvalue weighted by Gasteiger charge is -2.01. The predicted octanol–water partition coefficient (Wildman–Crippen LogP) is 1.39. The van der Waals surface area contributed by atoms with E-state index in [1.165, 1.54) is 12.1 Å². The predicted molar refractivity (Wildman–Crippen MR) is 44.3 cm³/mol. The molecular weight excluding hydrogens is 229 g/mol. The van der Waals surface area contributed by atoms with Crippen LogP contribution in [0.2, 0.25) is 0 Å². The van der Waals surface area contributed by atoms with Gasteiger partial charge in [0.15, 0.2) is 11.6 Å². The summed E-state index contributed by atoms with van der Waals surface area (Å²) in [6.07, 6.45) is 0. The number of phenols is 1. The Labute approximate surface area is 76.1 Å². The van der Waals surface area contributed by atoms with Gasteiger partial charge in [0.05, 0.1) is 10.0 Å². The molecule has 64 valence electrons. The summed E-state index contributed by atoms with van der Waals surface area (Å²) in [7, 11) is 0. The van der Waals surface area contributed by atoms with Crippen molar-refractivity contribution >= 4 is 21.8 Å². The van der Waals surface area contributed by atoms with Gasteiger partial charge in [0, 0.05) is 0 Å². The van der Waals surface area contributed by atoms with Gasteiger partial charge in [-0.2, -0.15) is 0 Å². The third kappa shape index (κ3) is 1.40. The highest BCUT2D eigenvalue weighted by Gasteiger charge is 2.14. The first-order valence-electron chi connectivity index (χ1n) is 3.01. The lowest BCUT2D eigenvalue weighted by molar-refractivity contribution is 0.0995. The first kappa shape index (κ1) is 8.99. The van der Waals surface area contributed by atoms with Gasteiger partial charge < -0.3 is 10.8 Å². The van der Waals surface area contributed by atoms with E-state index in [0.717, 1.165) is 0 Å². The van der Waals surface area contributed by atoms with Crippen molar-refractivity contribution in [2.45, 2.75) is 0 Å². The molecule has 5 heteroatoms. The average molecular weight is 234 g/mol.